The van der Waals surface area contributed by atoms with Crippen molar-refractivity contribution < 1.29 is 5.11 Å². The highest BCUT2D eigenvalue weighted by Gasteiger charge is 2.18. The van der Waals surface area contributed by atoms with Crippen molar-refractivity contribution in [3.63, 3.8) is 0 Å². The van der Waals surface area contributed by atoms with E-state index in [1.807, 2.05) is 18.2 Å². The minimum Gasteiger partial charge on any atom is -0.506 e. The maximum atomic E-state index is 9.85. The number of hydrogen-bond donors (Lipinski definition) is 2. The summed E-state index contributed by atoms with van der Waals surface area (Å²) in [6, 6.07) is 5.68. The molecule has 0 bridgehead atoms. The van der Waals surface area contributed by atoms with E-state index < -0.39 is 0 Å². The van der Waals surface area contributed by atoms with Gasteiger partial charge in [-0.2, -0.15) is 0 Å². The van der Waals surface area contributed by atoms with Gasteiger partial charge in [-0.1, -0.05) is 26.0 Å². The fourth-order valence-corrected chi connectivity index (χ4v) is 1.97. The molecule has 0 aliphatic heterocycles. The maximum Gasteiger partial charge on any atom is 0.133 e. The number of aromatic hydroxyl groups is 1. The van der Waals surface area contributed by atoms with E-state index in [4.69, 9.17) is 5.73 Å². The van der Waals surface area contributed by atoms with Crippen molar-refractivity contribution in [2.24, 2.45) is 11.7 Å². The van der Waals surface area contributed by atoms with Gasteiger partial charge in [-0.05, 0) is 40.0 Å². The number of halogens is 1. The van der Waals surface area contributed by atoms with Gasteiger partial charge in [-0.25, -0.2) is 0 Å². The first kappa shape index (κ1) is 11.5. The lowest BCUT2D eigenvalue weighted by Gasteiger charge is -2.20. The molecular weight excluding hydrogens is 242 g/mol. The van der Waals surface area contributed by atoms with E-state index in [-0.39, 0.29) is 5.92 Å². The highest BCUT2D eigenvalue weighted by Crippen LogP contribution is 2.35. The van der Waals surface area contributed by atoms with E-state index >= 15 is 0 Å². The van der Waals surface area contributed by atoms with Crippen LogP contribution in [0.4, 0.5) is 0 Å². The quantitative estimate of drug-likeness (QED) is 0.875. The predicted molar refractivity (Wildman–Crippen MR) is 62.4 cm³/mol. The maximum absolute atomic E-state index is 9.85. The lowest BCUT2D eigenvalue weighted by atomic mass is 9.88. The van der Waals surface area contributed by atoms with E-state index in [9.17, 15) is 5.11 Å². The van der Waals surface area contributed by atoms with Gasteiger partial charge in [-0.15, -0.1) is 0 Å². The summed E-state index contributed by atoms with van der Waals surface area (Å²) >= 11 is 3.30. The highest BCUT2D eigenvalue weighted by molar-refractivity contribution is 9.10. The molecule has 0 amide bonds. The Balaban J connectivity index is 3.10. The van der Waals surface area contributed by atoms with Crippen molar-refractivity contribution >= 4 is 15.9 Å². The smallest absolute Gasteiger partial charge is 0.133 e. The average Bonchev–Trinajstić information content (AvgIpc) is 2.13. The summed E-state index contributed by atoms with van der Waals surface area (Å²) in [4.78, 5) is 0. The summed E-state index contributed by atoms with van der Waals surface area (Å²) in [6.45, 7) is 4.78. The molecule has 0 spiro atoms. The van der Waals surface area contributed by atoms with Crippen LogP contribution in [-0.4, -0.2) is 11.7 Å². The number of benzene rings is 1. The Kier molecular flexibility index (Phi) is 3.96. The van der Waals surface area contributed by atoms with Crippen molar-refractivity contribution in [2.75, 3.05) is 6.54 Å². The summed E-state index contributed by atoms with van der Waals surface area (Å²) < 4.78 is 0.731. The number of rotatable bonds is 3. The number of hydrogen-bond acceptors (Lipinski definition) is 2. The van der Waals surface area contributed by atoms with Crippen LogP contribution in [0.25, 0.3) is 0 Å². The van der Waals surface area contributed by atoms with Crippen LogP contribution in [0.2, 0.25) is 0 Å². The van der Waals surface area contributed by atoms with Crippen LogP contribution in [0.3, 0.4) is 0 Å². The van der Waals surface area contributed by atoms with Gasteiger partial charge < -0.3 is 10.8 Å². The minimum absolute atomic E-state index is 0.215. The van der Waals surface area contributed by atoms with Crippen molar-refractivity contribution in [3.05, 3.63) is 28.2 Å². The van der Waals surface area contributed by atoms with Crippen molar-refractivity contribution in [1.82, 2.24) is 0 Å². The van der Waals surface area contributed by atoms with Gasteiger partial charge in [0.05, 0.1) is 4.47 Å². The van der Waals surface area contributed by atoms with Crippen LogP contribution in [-0.2, 0) is 0 Å². The third-order valence-corrected chi connectivity index (χ3v) is 3.12. The molecule has 1 rings (SSSR count). The highest BCUT2D eigenvalue weighted by atomic mass is 79.9. The van der Waals surface area contributed by atoms with Gasteiger partial charge >= 0.3 is 0 Å². The van der Waals surface area contributed by atoms with E-state index in [2.05, 4.69) is 29.8 Å². The largest absolute Gasteiger partial charge is 0.506 e. The standard InChI is InChI=1S/C11H16BrNO/c1-7(2)9(6-13)8-4-3-5-10(12)11(8)14/h3-5,7,9,14H,6,13H2,1-2H3. The molecule has 0 fully saturated rings. The molecule has 0 aliphatic rings. The number of para-hydroxylation sites is 1. The first-order chi connectivity index (χ1) is 6.57. The summed E-state index contributed by atoms with van der Waals surface area (Å²) in [7, 11) is 0. The van der Waals surface area contributed by atoms with Crippen LogP contribution in [0, 0.1) is 5.92 Å². The fraction of sp³-hybridized carbons (Fsp3) is 0.455. The molecule has 2 nitrogen and oxygen atoms in total. The molecule has 1 aromatic rings. The SMILES string of the molecule is CC(C)C(CN)c1cccc(Br)c1O. The second-order valence-corrected chi connectivity index (χ2v) is 4.62. The lowest BCUT2D eigenvalue weighted by molar-refractivity contribution is 0.435. The Bertz CT molecular complexity index is 312. The number of nitrogens with two attached hydrogens (primary N) is 1. The number of phenols is 1. The van der Waals surface area contributed by atoms with Crippen LogP contribution < -0.4 is 5.73 Å². The van der Waals surface area contributed by atoms with Crippen LogP contribution in [0.5, 0.6) is 5.75 Å². The average molecular weight is 258 g/mol. The molecular formula is C11H16BrNO. The molecule has 1 unspecified atom stereocenters. The number of phenolic OH excluding ortho intramolecular Hbond substituents is 1. The predicted octanol–water partition coefficient (Wildman–Crippen LogP) is 2.85. The summed E-state index contributed by atoms with van der Waals surface area (Å²) in [5.74, 6) is 0.962. The summed E-state index contributed by atoms with van der Waals surface area (Å²) in [5.41, 5.74) is 6.63. The molecule has 1 atom stereocenters. The molecule has 0 radical (unpaired) electrons. The first-order valence-electron chi connectivity index (χ1n) is 4.75. The molecule has 78 valence electrons. The normalized spacial score (nSPS) is 13.2. The van der Waals surface area contributed by atoms with Crippen LogP contribution >= 0.6 is 15.9 Å². The Labute approximate surface area is 93.3 Å². The van der Waals surface area contributed by atoms with E-state index in [1.54, 1.807) is 0 Å². The van der Waals surface area contributed by atoms with Crippen LogP contribution in [0.1, 0.15) is 25.3 Å². The monoisotopic (exact) mass is 257 g/mol. The molecule has 3 heteroatoms. The van der Waals surface area contributed by atoms with E-state index in [0.717, 1.165) is 10.0 Å². The molecule has 1 aromatic carbocycles. The fourth-order valence-electron chi connectivity index (χ4n) is 1.59. The Morgan fingerprint density at radius 3 is 2.57 bits per heavy atom. The van der Waals surface area contributed by atoms with Gasteiger partial charge in [0.2, 0.25) is 0 Å². The molecule has 0 heterocycles. The zero-order valence-corrected chi connectivity index (χ0v) is 10.1. The van der Waals surface area contributed by atoms with Crippen molar-refractivity contribution in [2.45, 2.75) is 19.8 Å². The van der Waals surface area contributed by atoms with E-state index in [1.165, 1.54) is 0 Å². The topological polar surface area (TPSA) is 46.2 Å². The molecule has 14 heavy (non-hydrogen) atoms. The molecule has 0 saturated heterocycles. The van der Waals surface area contributed by atoms with Crippen LogP contribution in [0.15, 0.2) is 22.7 Å². The third-order valence-electron chi connectivity index (χ3n) is 2.48. The first-order valence-corrected chi connectivity index (χ1v) is 5.54. The van der Waals surface area contributed by atoms with Gasteiger partial charge in [0.1, 0.15) is 5.75 Å². The Morgan fingerprint density at radius 1 is 1.43 bits per heavy atom. The lowest BCUT2D eigenvalue weighted by Crippen LogP contribution is -2.17. The summed E-state index contributed by atoms with van der Waals surface area (Å²) in [5, 5.41) is 9.85. The van der Waals surface area contributed by atoms with Gasteiger partial charge in [0.15, 0.2) is 0 Å². The molecule has 0 aromatic heterocycles. The molecule has 0 saturated carbocycles. The Hall–Kier alpha value is -0.540. The molecule has 3 N–H and O–H groups in total. The second kappa shape index (κ2) is 4.80. The summed E-state index contributed by atoms with van der Waals surface area (Å²) in [6.07, 6.45) is 0. The van der Waals surface area contributed by atoms with Gasteiger partial charge in [-0.3, -0.25) is 0 Å². The van der Waals surface area contributed by atoms with Crippen molar-refractivity contribution in [3.8, 4) is 5.75 Å². The minimum atomic E-state index is 0.215. The Morgan fingerprint density at radius 2 is 2.07 bits per heavy atom. The van der Waals surface area contributed by atoms with Gasteiger partial charge in [0.25, 0.3) is 0 Å². The second-order valence-electron chi connectivity index (χ2n) is 3.76. The zero-order valence-electron chi connectivity index (χ0n) is 8.50. The van der Waals surface area contributed by atoms with E-state index in [0.29, 0.717) is 18.2 Å². The molecule has 0 aliphatic carbocycles. The third kappa shape index (κ3) is 2.28. The zero-order chi connectivity index (χ0) is 10.7. The van der Waals surface area contributed by atoms with Gasteiger partial charge in [0, 0.05) is 5.92 Å². The van der Waals surface area contributed by atoms with Crippen molar-refractivity contribution in [1.29, 1.82) is 0 Å².